The second-order valence-electron chi connectivity index (χ2n) is 4.35. The minimum absolute atomic E-state index is 0.0276. The Hall–Kier alpha value is -1.49. The number of carboxylic acids is 1. The molecule has 1 N–H and O–H groups in total. The Morgan fingerprint density at radius 2 is 2.22 bits per heavy atom. The van der Waals surface area contributed by atoms with Crippen molar-refractivity contribution < 1.29 is 19.1 Å². The second-order valence-corrected chi connectivity index (χ2v) is 4.72. The smallest absolute Gasteiger partial charge is 0.305 e. The zero-order chi connectivity index (χ0) is 13.1. The predicted octanol–water partition coefficient (Wildman–Crippen LogP) is 2.40. The van der Waals surface area contributed by atoms with Crippen molar-refractivity contribution in [3.05, 3.63) is 23.1 Å². The van der Waals surface area contributed by atoms with Crippen molar-refractivity contribution in [2.75, 3.05) is 6.54 Å². The molecule has 0 saturated carbocycles. The van der Waals surface area contributed by atoms with Crippen molar-refractivity contribution in [2.45, 2.75) is 31.7 Å². The first-order valence-corrected chi connectivity index (χ1v) is 6.24. The molecular formula is C12H14ClNO4. The normalized spacial score (nSPS) is 19.8. The number of nitrogens with zero attached hydrogens (tertiary/aromatic N) is 1. The zero-order valence-corrected chi connectivity index (χ0v) is 10.5. The van der Waals surface area contributed by atoms with Crippen LogP contribution in [0, 0.1) is 0 Å². The number of carbonyl (C=O) groups excluding carboxylic acids is 1. The van der Waals surface area contributed by atoms with Gasteiger partial charge in [0.15, 0.2) is 11.0 Å². The van der Waals surface area contributed by atoms with Gasteiger partial charge in [-0.15, -0.1) is 0 Å². The monoisotopic (exact) mass is 271 g/mol. The number of amides is 1. The van der Waals surface area contributed by atoms with Gasteiger partial charge in [-0.05, 0) is 43.0 Å². The van der Waals surface area contributed by atoms with Gasteiger partial charge < -0.3 is 14.4 Å². The van der Waals surface area contributed by atoms with E-state index in [0.29, 0.717) is 13.0 Å². The standard InChI is InChI=1S/C12H14ClNO4/c13-10-5-4-9(18-10)12(17)14-6-2-1-3-8(14)7-11(15)16/h4-5,8H,1-3,6-7H2,(H,15,16). The summed E-state index contributed by atoms with van der Waals surface area (Å²) in [6, 6.07) is 2.76. The van der Waals surface area contributed by atoms with Crippen LogP contribution in [0.1, 0.15) is 36.2 Å². The van der Waals surface area contributed by atoms with Crippen LogP contribution < -0.4 is 0 Å². The molecule has 18 heavy (non-hydrogen) atoms. The molecular weight excluding hydrogens is 258 g/mol. The van der Waals surface area contributed by atoms with Crippen LogP contribution in [0.25, 0.3) is 0 Å². The van der Waals surface area contributed by atoms with E-state index in [1.807, 2.05) is 0 Å². The quantitative estimate of drug-likeness (QED) is 0.916. The van der Waals surface area contributed by atoms with Crippen LogP contribution in [-0.2, 0) is 4.79 Å². The summed E-state index contributed by atoms with van der Waals surface area (Å²) in [5, 5.41) is 9.01. The third kappa shape index (κ3) is 2.85. The number of furan rings is 1. The molecule has 1 amide bonds. The lowest BCUT2D eigenvalue weighted by atomic mass is 9.99. The van der Waals surface area contributed by atoms with Gasteiger partial charge in [0.1, 0.15) is 0 Å². The first-order chi connectivity index (χ1) is 8.58. The minimum atomic E-state index is -0.892. The van der Waals surface area contributed by atoms with E-state index >= 15 is 0 Å². The molecule has 1 aromatic heterocycles. The largest absolute Gasteiger partial charge is 0.481 e. The highest BCUT2D eigenvalue weighted by molar-refractivity contribution is 6.29. The molecule has 0 aliphatic carbocycles. The first-order valence-electron chi connectivity index (χ1n) is 5.86. The average Bonchev–Trinajstić information content (AvgIpc) is 2.75. The summed E-state index contributed by atoms with van der Waals surface area (Å²) >= 11 is 5.63. The Balaban J connectivity index is 2.13. The third-order valence-electron chi connectivity index (χ3n) is 3.08. The summed E-state index contributed by atoms with van der Waals surface area (Å²) in [6.45, 7) is 0.565. The number of likely N-dealkylation sites (tertiary alicyclic amines) is 1. The molecule has 6 heteroatoms. The molecule has 0 radical (unpaired) electrons. The number of carboxylic acid groups (broad SMARTS) is 1. The molecule has 0 aromatic carbocycles. The fourth-order valence-corrected chi connectivity index (χ4v) is 2.40. The zero-order valence-electron chi connectivity index (χ0n) is 9.76. The molecule has 5 nitrogen and oxygen atoms in total. The van der Waals surface area contributed by atoms with Gasteiger partial charge in [0.05, 0.1) is 6.42 Å². The fourth-order valence-electron chi connectivity index (χ4n) is 2.25. The molecule has 0 spiro atoms. The fraction of sp³-hybridized carbons (Fsp3) is 0.500. The molecule has 1 aliphatic rings. The Morgan fingerprint density at radius 1 is 1.44 bits per heavy atom. The maximum Gasteiger partial charge on any atom is 0.305 e. The van der Waals surface area contributed by atoms with Gasteiger partial charge in [0.2, 0.25) is 0 Å². The van der Waals surface area contributed by atoms with Gasteiger partial charge in [0.25, 0.3) is 5.91 Å². The summed E-state index contributed by atoms with van der Waals surface area (Å²) in [4.78, 5) is 24.6. The van der Waals surface area contributed by atoms with Crippen molar-refractivity contribution in [1.29, 1.82) is 0 Å². The highest BCUT2D eigenvalue weighted by atomic mass is 35.5. The van der Waals surface area contributed by atoms with Crippen LogP contribution in [0.5, 0.6) is 0 Å². The lowest BCUT2D eigenvalue weighted by Crippen LogP contribution is -2.44. The molecule has 2 heterocycles. The number of halogens is 1. The van der Waals surface area contributed by atoms with Crippen LogP contribution in [0.2, 0.25) is 5.22 Å². The van der Waals surface area contributed by atoms with Crippen LogP contribution in [0.4, 0.5) is 0 Å². The second kappa shape index (κ2) is 5.44. The molecule has 1 unspecified atom stereocenters. The number of hydrogen-bond acceptors (Lipinski definition) is 3. The van der Waals surface area contributed by atoms with E-state index in [9.17, 15) is 9.59 Å². The molecule has 1 aromatic rings. The average molecular weight is 272 g/mol. The van der Waals surface area contributed by atoms with E-state index in [2.05, 4.69) is 0 Å². The lowest BCUT2D eigenvalue weighted by molar-refractivity contribution is -0.138. The Labute approximate surface area is 109 Å². The number of aliphatic carboxylic acids is 1. The molecule has 98 valence electrons. The summed E-state index contributed by atoms with van der Waals surface area (Å²) in [5.74, 6) is -1.01. The van der Waals surface area contributed by atoms with E-state index < -0.39 is 5.97 Å². The maximum atomic E-state index is 12.2. The number of piperidine rings is 1. The van der Waals surface area contributed by atoms with Crippen LogP contribution >= 0.6 is 11.6 Å². The van der Waals surface area contributed by atoms with E-state index in [-0.39, 0.29) is 29.3 Å². The van der Waals surface area contributed by atoms with Crippen LogP contribution in [0.15, 0.2) is 16.5 Å². The topological polar surface area (TPSA) is 70.8 Å². The van der Waals surface area contributed by atoms with Crippen LogP contribution in [0.3, 0.4) is 0 Å². The van der Waals surface area contributed by atoms with Crippen LogP contribution in [-0.4, -0.2) is 34.5 Å². The van der Waals surface area contributed by atoms with E-state index in [1.54, 1.807) is 4.90 Å². The number of carbonyl (C=O) groups is 2. The van der Waals surface area contributed by atoms with E-state index in [4.69, 9.17) is 21.1 Å². The molecule has 1 aliphatic heterocycles. The van der Waals surface area contributed by atoms with Gasteiger partial charge >= 0.3 is 5.97 Å². The first kappa shape index (κ1) is 13.0. The van der Waals surface area contributed by atoms with Crippen molar-refractivity contribution in [1.82, 2.24) is 4.90 Å². The maximum absolute atomic E-state index is 12.2. The van der Waals surface area contributed by atoms with E-state index in [1.165, 1.54) is 12.1 Å². The summed E-state index contributed by atoms with van der Waals surface area (Å²) in [6.07, 6.45) is 2.52. The minimum Gasteiger partial charge on any atom is -0.481 e. The SMILES string of the molecule is O=C(O)CC1CCCCN1C(=O)c1ccc(Cl)o1. The lowest BCUT2D eigenvalue weighted by Gasteiger charge is -2.34. The van der Waals surface area contributed by atoms with Gasteiger partial charge in [-0.2, -0.15) is 0 Å². The van der Waals surface area contributed by atoms with Crippen molar-refractivity contribution >= 4 is 23.5 Å². The van der Waals surface area contributed by atoms with Gasteiger partial charge in [-0.25, -0.2) is 0 Å². The Morgan fingerprint density at radius 3 is 2.83 bits per heavy atom. The Bertz CT molecular complexity index is 457. The van der Waals surface area contributed by atoms with Gasteiger partial charge in [-0.3, -0.25) is 9.59 Å². The molecule has 1 saturated heterocycles. The number of rotatable bonds is 3. The molecule has 0 bridgehead atoms. The molecule has 1 fully saturated rings. The number of hydrogen-bond donors (Lipinski definition) is 1. The van der Waals surface area contributed by atoms with Gasteiger partial charge in [-0.1, -0.05) is 0 Å². The molecule has 2 rings (SSSR count). The summed E-state index contributed by atoms with van der Waals surface area (Å²) < 4.78 is 5.08. The van der Waals surface area contributed by atoms with Crippen molar-refractivity contribution in [3.8, 4) is 0 Å². The predicted molar refractivity (Wildman–Crippen MR) is 64.6 cm³/mol. The van der Waals surface area contributed by atoms with Crippen molar-refractivity contribution in [3.63, 3.8) is 0 Å². The van der Waals surface area contributed by atoms with Gasteiger partial charge in [0, 0.05) is 12.6 Å². The highest BCUT2D eigenvalue weighted by Crippen LogP contribution is 2.23. The van der Waals surface area contributed by atoms with Crippen molar-refractivity contribution in [2.24, 2.45) is 0 Å². The Kier molecular flexibility index (Phi) is 3.91. The summed E-state index contributed by atoms with van der Waals surface area (Å²) in [5.41, 5.74) is 0. The molecule has 1 atom stereocenters. The summed E-state index contributed by atoms with van der Waals surface area (Å²) in [7, 11) is 0. The third-order valence-corrected chi connectivity index (χ3v) is 3.29. The van der Waals surface area contributed by atoms with E-state index in [0.717, 1.165) is 12.8 Å². The highest BCUT2D eigenvalue weighted by Gasteiger charge is 2.30.